The smallest absolute Gasteiger partial charge is 0.312 e. The molecule has 0 bridgehead atoms. The van der Waals surface area contributed by atoms with Crippen molar-refractivity contribution in [2.75, 3.05) is 0 Å². The lowest BCUT2D eigenvalue weighted by molar-refractivity contribution is -0.147. The molecule has 6 heteroatoms. The fraction of sp³-hybridized carbons (Fsp3) is 0.286. The minimum absolute atomic E-state index is 0.176. The monoisotopic (exact) mass is 356 g/mol. The molecule has 0 radical (unpaired) electrons. The fourth-order valence-electron chi connectivity index (χ4n) is 1.81. The molecule has 0 saturated carbocycles. The minimum atomic E-state index is -0.313. The zero-order chi connectivity index (χ0) is 14.7. The summed E-state index contributed by atoms with van der Waals surface area (Å²) < 4.78 is 7.87. The number of esters is 1. The van der Waals surface area contributed by atoms with Crippen LogP contribution >= 0.6 is 27.5 Å². The van der Waals surface area contributed by atoms with Crippen molar-refractivity contribution >= 4 is 33.5 Å². The topological polar surface area (TPSA) is 44.1 Å². The van der Waals surface area contributed by atoms with E-state index in [2.05, 4.69) is 21.0 Å². The molecule has 1 heterocycles. The van der Waals surface area contributed by atoms with Crippen molar-refractivity contribution in [2.45, 2.75) is 19.4 Å². The van der Waals surface area contributed by atoms with Gasteiger partial charge in [-0.3, -0.25) is 9.48 Å². The van der Waals surface area contributed by atoms with Gasteiger partial charge in [-0.15, -0.1) is 0 Å². The number of halogens is 2. The number of rotatable bonds is 4. The lowest BCUT2D eigenvalue weighted by atomic mass is 10.1. The predicted octanol–water partition coefficient (Wildman–Crippen LogP) is 3.68. The van der Waals surface area contributed by atoms with Crippen LogP contribution in [0.5, 0.6) is 0 Å². The van der Waals surface area contributed by atoms with E-state index in [0.717, 1.165) is 15.7 Å². The van der Waals surface area contributed by atoms with Crippen molar-refractivity contribution in [3.05, 3.63) is 51.2 Å². The van der Waals surface area contributed by atoms with Crippen LogP contribution in [0.1, 0.15) is 24.3 Å². The fourth-order valence-corrected chi connectivity index (χ4v) is 2.43. The van der Waals surface area contributed by atoms with Gasteiger partial charge in [-0.25, -0.2) is 0 Å². The molecule has 0 aliphatic carbocycles. The third-order valence-corrected chi connectivity index (χ3v) is 3.88. The number of benzene rings is 1. The van der Waals surface area contributed by atoms with Crippen LogP contribution in [-0.4, -0.2) is 15.7 Å². The van der Waals surface area contributed by atoms with Crippen LogP contribution in [0.15, 0.2) is 34.9 Å². The molecule has 20 heavy (non-hydrogen) atoms. The van der Waals surface area contributed by atoms with Gasteiger partial charge >= 0.3 is 5.97 Å². The Bertz CT molecular complexity index is 591. The molecule has 0 aliphatic rings. The van der Waals surface area contributed by atoms with Gasteiger partial charge in [-0.05, 0) is 40.5 Å². The number of aromatic nitrogens is 2. The van der Waals surface area contributed by atoms with E-state index in [0.29, 0.717) is 5.02 Å². The maximum Gasteiger partial charge on any atom is 0.312 e. The summed E-state index contributed by atoms with van der Waals surface area (Å²) in [6, 6.07) is 7.25. The molecule has 106 valence electrons. The van der Waals surface area contributed by atoms with Crippen molar-refractivity contribution in [1.29, 1.82) is 0 Å². The van der Waals surface area contributed by atoms with Gasteiger partial charge in [0.05, 0.1) is 22.8 Å². The summed E-state index contributed by atoms with van der Waals surface area (Å²) in [6.07, 6.45) is 1.52. The first-order valence-electron chi connectivity index (χ1n) is 6.08. The van der Waals surface area contributed by atoms with Gasteiger partial charge in [0, 0.05) is 12.1 Å². The Labute approximate surface area is 130 Å². The molecule has 0 amide bonds. The number of hydrogen-bond donors (Lipinski definition) is 0. The van der Waals surface area contributed by atoms with E-state index in [9.17, 15) is 4.79 Å². The van der Waals surface area contributed by atoms with Crippen LogP contribution in [0.2, 0.25) is 5.02 Å². The molecule has 2 rings (SSSR count). The summed E-state index contributed by atoms with van der Waals surface area (Å²) in [4.78, 5) is 12.0. The maximum atomic E-state index is 12.0. The Hall–Kier alpha value is -1.33. The van der Waals surface area contributed by atoms with Gasteiger partial charge in [0.25, 0.3) is 0 Å². The standard InChI is InChI=1S/C14H14BrClN2O2/c1-9(10-3-5-11(16)6-4-10)20-14(19)7-13-12(15)8-17-18(13)2/h3-6,8-9H,7H2,1-2H3. The summed E-state index contributed by atoms with van der Waals surface area (Å²) in [7, 11) is 1.79. The Morgan fingerprint density at radius 2 is 2.10 bits per heavy atom. The lowest BCUT2D eigenvalue weighted by Gasteiger charge is -2.14. The first-order chi connectivity index (χ1) is 9.47. The first-order valence-corrected chi connectivity index (χ1v) is 7.26. The van der Waals surface area contributed by atoms with E-state index in [4.69, 9.17) is 16.3 Å². The van der Waals surface area contributed by atoms with Crippen LogP contribution in [-0.2, 0) is 23.0 Å². The first kappa shape index (κ1) is 15.1. The van der Waals surface area contributed by atoms with Crippen molar-refractivity contribution in [1.82, 2.24) is 9.78 Å². The number of carbonyl (C=O) groups excluding carboxylic acids is 1. The van der Waals surface area contributed by atoms with E-state index in [1.54, 1.807) is 30.1 Å². The largest absolute Gasteiger partial charge is 0.457 e. The summed E-state index contributed by atoms with van der Waals surface area (Å²) in [5, 5.41) is 4.72. The molecule has 1 aromatic carbocycles. The van der Waals surface area contributed by atoms with Crippen molar-refractivity contribution in [3.8, 4) is 0 Å². The lowest BCUT2D eigenvalue weighted by Crippen LogP contribution is -2.14. The number of carbonyl (C=O) groups is 1. The molecule has 4 nitrogen and oxygen atoms in total. The Kier molecular flexibility index (Phi) is 4.83. The Balaban J connectivity index is 1.99. The van der Waals surface area contributed by atoms with Crippen LogP contribution in [0.25, 0.3) is 0 Å². The molecule has 0 fully saturated rings. The molecule has 0 spiro atoms. The second-order valence-corrected chi connectivity index (χ2v) is 5.71. The maximum absolute atomic E-state index is 12.0. The average Bonchev–Trinajstić information content (AvgIpc) is 2.71. The van der Waals surface area contributed by atoms with Crippen LogP contribution in [0.4, 0.5) is 0 Å². The summed E-state index contributed by atoms with van der Waals surface area (Å²) in [6.45, 7) is 1.83. The number of ether oxygens (including phenoxy) is 1. The molecule has 0 N–H and O–H groups in total. The van der Waals surface area contributed by atoms with Gasteiger partial charge in [0.1, 0.15) is 6.10 Å². The van der Waals surface area contributed by atoms with E-state index in [1.807, 2.05) is 19.1 Å². The molecule has 0 saturated heterocycles. The summed E-state index contributed by atoms with van der Waals surface area (Å²) >= 11 is 9.19. The van der Waals surface area contributed by atoms with Crippen LogP contribution < -0.4 is 0 Å². The molecule has 1 unspecified atom stereocenters. The molecule has 2 aromatic rings. The highest BCUT2D eigenvalue weighted by atomic mass is 79.9. The molecule has 1 atom stereocenters. The quantitative estimate of drug-likeness (QED) is 0.784. The highest BCUT2D eigenvalue weighted by Gasteiger charge is 2.16. The second-order valence-electron chi connectivity index (χ2n) is 4.42. The third-order valence-electron chi connectivity index (χ3n) is 2.97. The van der Waals surface area contributed by atoms with Gasteiger partial charge < -0.3 is 4.74 Å². The summed E-state index contributed by atoms with van der Waals surface area (Å²) in [5.74, 6) is -0.295. The molecule has 0 aliphatic heterocycles. The third kappa shape index (κ3) is 3.61. The van der Waals surface area contributed by atoms with E-state index >= 15 is 0 Å². The van der Waals surface area contributed by atoms with E-state index < -0.39 is 0 Å². The number of aryl methyl sites for hydroxylation is 1. The van der Waals surface area contributed by atoms with Crippen molar-refractivity contribution < 1.29 is 9.53 Å². The van der Waals surface area contributed by atoms with Crippen LogP contribution in [0, 0.1) is 0 Å². The molecular weight excluding hydrogens is 344 g/mol. The summed E-state index contributed by atoms with van der Waals surface area (Å²) in [5.41, 5.74) is 1.70. The zero-order valence-corrected chi connectivity index (χ0v) is 13.5. The number of hydrogen-bond acceptors (Lipinski definition) is 3. The van der Waals surface area contributed by atoms with Gasteiger partial charge in [-0.1, -0.05) is 23.7 Å². The van der Waals surface area contributed by atoms with Gasteiger partial charge in [0.15, 0.2) is 0 Å². The Morgan fingerprint density at radius 1 is 1.45 bits per heavy atom. The highest BCUT2D eigenvalue weighted by Crippen LogP contribution is 2.21. The SMILES string of the molecule is CC(OC(=O)Cc1c(Br)cnn1C)c1ccc(Cl)cc1. The second kappa shape index (κ2) is 6.41. The molecular formula is C14H14BrClN2O2. The van der Waals surface area contributed by atoms with Crippen molar-refractivity contribution in [2.24, 2.45) is 7.05 Å². The number of nitrogens with zero attached hydrogens (tertiary/aromatic N) is 2. The van der Waals surface area contributed by atoms with Gasteiger partial charge in [-0.2, -0.15) is 5.10 Å². The van der Waals surface area contributed by atoms with Crippen molar-refractivity contribution in [3.63, 3.8) is 0 Å². The molecule has 1 aromatic heterocycles. The average molecular weight is 358 g/mol. The Morgan fingerprint density at radius 3 is 2.65 bits per heavy atom. The van der Waals surface area contributed by atoms with Gasteiger partial charge in [0.2, 0.25) is 0 Å². The van der Waals surface area contributed by atoms with E-state index in [-0.39, 0.29) is 18.5 Å². The van der Waals surface area contributed by atoms with E-state index in [1.165, 1.54) is 0 Å². The normalized spacial score (nSPS) is 12.2. The highest BCUT2D eigenvalue weighted by molar-refractivity contribution is 9.10. The minimum Gasteiger partial charge on any atom is -0.457 e. The predicted molar refractivity (Wildman–Crippen MR) is 80.6 cm³/mol. The zero-order valence-electron chi connectivity index (χ0n) is 11.1. The van der Waals surface area contributed by atoms with Crippen LogP contribution in [0.3, 0.4) is 0 Å².